The van der Waals surface area contributed by atoms with Crippen molar-refractivity contribution in [2.45, 2.75) is 6.54 Å². The summed E-state index contributed by atoms with van der Waals surface area (Å²) < 4.78 is 33.4. The zero-order valence-electron chi connectivity index (χ0n) is 18.3. The molecule has 0 fully saturated rings. The molecule has 0 aliphatic carbocycles. The van der Waals surface area contributed by atoms with Crippen LogP contribution in [-0.2, 0) is 11.3 Å². The van der Waals surface area contributed by atoms with Crippen LogP contribution >= 0.6 is 11.6 Å². The van der Waals surface area contributed by atoms with Gasteiger partial charge in [-0.2, -0.15) is 0 Å². The number of aromatic nitrogens is 2. The van der Waals surface area contributed by atoms with Crippen LogP contribution in [0, 0.1) is 11.6 Å². The quantitative estimate of drug-likeness (QED) is 0.357. The first-order valence-electron chi connectivity index (χ1n) is 10.5. The van der Waals surface area contributed by atoms with Gasteiger partial charge in [-0.15, -0.1) is 0 Å². The Kier molecular flexibility index (Phi) is 5.96. The Morgan fingerprint density at radius 3 is 2.57 bits per heavy atom. The van der Waals surface area contributed by atoms with Crippen LogP contribution in [0.15, 0.2) is 71.9 Å². The zero-order chi connectivity index (χ0) is 24.5. The van der Waals surface area contributed by atoms with Crippen molar-refractivity contribution in [3.8, 4) is 11.3 Å². The monoisotopic (exact) mass is 490 g/mol. The lowest BCUT2D eigenvalue weighted by molar-refractivity contribution is 0.0600. The number of nitrogens with zero attached hydrogens (tertiary/aromatic N) is 3. The molecule has 0 atom stereocenters. The van der Waals surface area contributed by atoms with E-state index in [1.54, 1.807) is 48.7 Å². The minimum atomic E-state index is -0.592. The fraction of sp³-hybridized carbons (Fsp3) is 0.0769. The Morgan fingerprint density at radius 2 is 1.80 bits per heavy atom. The summed E-state index contributed by atoms with van der Waals surface area (Å²) in [6.45, 7) is 0.168. The van der Waals surface area contributed by atoms with Crippen molar-refractivity contribution < 1.29 is 18.3 Å². The van der Waals surface area contributed by atoms with Gasteiger partial charge in [0, 0.05) is 39.2 Å². The highest BCUT2D eigenvalue weighted by molar-refractivity contribution is 6.31. The second kappa shape index (κ2) is 9.23. The first-order valence-corrected chi connectivity index (χ1v) is 10.9. The highest BCUT2D eigenvalue weighted by atomic mass is 35.5. The molecule has 0 radical (unpaired) electrons. The molecule has 0 unspecified atom stereocenters. The number of esters is 1. The topological polar surface area (TPSA) is 76.5 Å². The van der Waals surface area contributed by atoms with Gasteiger partial charge in [0.1, 0.15) is 11.6 Å². The molecule has 3 aromatic carbocycles. The maximum atomic E-state index is 14.7. The van der Waals surface area contributed by atoms with E-state index in [0.717, 1.165) is 18.2 Å². The van der Waals surface area contributed by atoms with Gasteiger partial charge >= 0.3 is 5.97 Å². The normalized spacial score (nSPS) is 12.2. The van der Waals surface area contributed by atoms with E-state index in [2.05, 4.69) is 20.3 Å². The van der Waals surface area contributed by atoms with Gasteiger partial charge in [0.15, 0.2) is 0 Å². The number of hydrogen-bond acceptors (Lipinski definition) is 6. The lowest BCUT2D eigenvalue weighted by Gasteiger charge is -2.13. The number of halogens is 3. The van der Waals surface area contributed by atoms with Crippen LogP contribution in [0.3, 0.4) is 0 Å². The predicted molar refractivity (Wildman–Crippen MR) is 129 cm³/mol. The minimum Gasteiger partial charge on any atom is -0.465 e. The van der Waals surface area contributed by atoms with Crippen LogP contribution in [0.5, 0.6) is 0 Å². The molecule has 0 bridgehead atoms. The fourth-order valence-corrected chi connectivity index (χ4v) is 4.00. The van der Waals surface area contributed by atoms with E-state index in [1.165, 1.54) is 7.11 Å². The number of nitrogens with one attached hydrogen (secondary N) is 1. The van der Waals surface area contributed by atoms with E-state index in [-0.39, 0.29) is 17.8 Å². The first kappa shape index (κ1) is 22.6. The van der Waals surface area contributed by atoms with Gasteiger partial charge in [-0.1, -0.05) is 17.7 Å². The van der Waals surface area contributed by atoms with Crippen molar-refractivity contribution in [3.05, 3.63) is 106 Å². The van der Waals surface area contributed by atoms with E-state index in [1.807, 2.05) is 0 Å². The molecule has 174 valence electrons. The SMILES string of the molecule is COC(=O)c1ccc(Nc2ncc3c(n2)-c2ccc(Cl)cc2C(c2cc(F)ccc2F)=NC3)cc1. The summed E-state index contributed by atoms with van der Waals surface area (Å²) in [6.07, 6.45) is 1.64. The van der Waals surface area contributed by atoms with Crippen LogP contribution < -0.4 is 5.32 Å². The predicted octanol–water partition coefficient (Wildman–Crippen LogP) is 5.96. The molecule has 1 N–H and O–H groups in total. The molecule has 1 aliphatic rings. The molecule has 9 heteroatoms. The molecule has 0 saturated heterocycles. The number of methoxy groups -OCH3 is 1. The molecule has 35 heavy (non-hydrogen) atoms. The number of hydrogen-bond donors (Lipinski definition) is 1. The second-order valence-electron chi connectivity index (χ2n) is 7.74. The largest absolute Gasteiger partial charge is 0.465 e. The van der Waals surface area contributed by atoms with Gasteiger partial charge in [-0.05, 0) is 54.6 Å². The van der Waals surface area contributed by atoms with Gasteiger partial charge < -0.3 is 10.1 Å². The maximum absolute atomic E-state index is 14.7. The van der Waals surface area contributed by atoms with Crippen LogP contribution in [0.2, 0.25) is 5.02 Å². The molecule has 6 nitrogen and oxygen atoms in total. The van der Waals surface area contributed by atoms with Crippen molar-refractivity contribution in [1.82, 2.24) is 9.97 Å². The summed E-state index contributed by atoms with van der Waals surface area (Å²) in [5.41, 5.74) is 3.91. The Morgan fingerprint density at radius 1 is 1.00 bits per heavy atom. The molecule has 1 aromatic heterocycles. The fourth-order valence-electron chi connectivity index (χ4n) is 3.83. The van der Waals surface area contributed by atoms with E-state index >= 15 is 0 Å². The summed E-state index contributed by atoms with van der Waals surface area (Å²) in [4.78, 5) is 25.3. The smallest absolute Gasteiger partial charge is 0.337 e. The van der Waals surface area contributed by atoms with Gasteiger partial charge in [0.25, 0.3) is 0 Å². The van der Waals surface area contributed by atoms with Crippen LogP contribution in [0.1, 0.15) is 27.0 Å². The number of ether oxygens (including phenoxy) is 1. The number of benzene rings is 3. The summed E-state index contributed by atoms with van der Waals surface area (Å²) in [5, 5.41) is 3.54. The third-order valence-electron chi connectivity index (χ3n) is 5.51. The summed E-state index contributed by atoms with van der Waals surface area (Å²) >= 11 is 6.26. The molecule has 2 heterocycles. The third-order valence-corrected chi connectivity index (χ3v) is 5.74. The van der Waals surface area contributed by atoms with Gasteiger partial charge in [0.05, 0.1) is 30.6 Å². The standard InChI is InChI=1S/C26H17ClF2N4O2/c1-35-25(34)14-2-6-18(7-3-14)32-26-31-13-15-12-30-24(21-11-17(28)5-9-22(21)29)20-10-16(27)4-8-19(20)23(15)33-26/h2-11,13H,12H2,1H3,(H,31,32,33). The number of rotatable bonds is 4. The third kappa shape index (κ3) is 4.48. The molecule has 0 amide bonds. The second-order valence-corrected chi connectivity index (χ2v) is 8.18. The number of carbonyl (C=O) groups excluding carboxylic acids is 1. The Labute approximate surface area is 204 Å². The average Bonchev–Trinajstić information content (AvgIpc) is 3.02. The van der Waals surface area contributed by atoms with Crippen molar-refractivity contribution in [1.29, 1.82) is 0 Å². The first-order chi connectivity index (χ1) is 16.9. The van der Waals surface area contributed by atoms with Gasteiger partial charge in [-0.25, -0.2) is 23.5 Å². The molecule has 4 aromatic rings. The Hall–Kier alpha value is -4.17. The van der Waals surface area contributed by atoms with Gasteiger partial charge in [0.2, 0.25) is 5.95 Å². The number of fused-ring (bicyclic) bond motifs is 3. The van der Waals surface area contributed by atoms with Crippen molar-refractivity contribution >= 4 is 34.9 Å². The average molecular weight is 491 g/mol. The Bertz CT molecular complexity index is 1490. The van der Waals surface area contributed by atoms with E-state index < -0.39 is 17.6 Å². The van der Waals surface area contributed by atoms with Crippen molar-refractivity contribution in [2.75, 3.05) is 12.4 Å². The number of carbonyl (C=O) groups is 1. The molecule has 5 rings (SSSR count). The van der Waals surface area contributed by atoms with Crippen LogP contribution in [0.25, 0.3) is 11.3 Å². The van der Waals surface area contributed by atoms with Crippen molar-refractivity contribution in [2.24, 2.45) is 4.99 Å². The highest BCUT2D eigenvalue weighted by Crippen LogP contribution is 2.34. The lowest BCUT2D eigenvalue weighted by atomic mass is 9.95. The molecule has 1 aliphatic heterocycles. The van der Waals surface area contributed by atoms with Crippen molar-refractivity contribution in [3.63, 3.8) is 0 Å². The minimum absolute atomic E-state index is 0.0401. The molecule has 0 spiro atoms. The van der Waals surface area contributed by atoms with Crippen LogP contribution in [-0.4, -0.2) is 28.8 Å². The summed E-state index contributed by atoms with van der Waals surface area (Å²) in [5.74, 6) is -1.28. The zero-order valence-corrected chi connectivity index (χ0v) is 19.1. The molecule has 0 saturated carbocycles. The summed E-state index contributed by atoms with van der Waals surface area (Å²) in [7, 11) is 1.32. The van der Waals surface area contributed by atoms with E-state index in [9.17, 15) is 13.6 Å². The van der Waals surface area contributed by atoms with Gasteiger partial charge in [-0.3, -0.25) is 4.99 Å². The Balaban J connectivity index is 1.55. The number of anilines is 2. The molecular weight excluding hydrogens is 474 g/mol. The highest BCUT2D eigenvalue weighted by Gasteiger charge is 2.23. The van der Waals surface area contributed by atoms with E-state index in [4.69, 9.17) is 16.3 Å². The van der Waals surface area contributed by atoms with Crippen LogP contribution in [0.4, 0.5) is 20.4 Å². The number of aliphatic imine (C=N–C) groups is 1. The molecular formula is C26H17ClF2N4O2. The lowest BCUT2D eigenvalue weighted by Crippen LogP contribution is -2.08. The summed E-state index contributed by atoms with van der Waals surface area (Å²) in [6, 6.07) is 15.1. The maximum Gasteiger partial charge on any atom is 0.337 e. The van der Waals surface area contributed by atoms with E-state index in [0.29, 0.717) is 44.6 Å².